The van der Waals surface area contributed by atoms with E-state index in [9.17, 15) is 9.59 Å². The van der Waals surface area contributed by atoms with Crippen LogP contribution in [0.2, 0.25) is 0 Å². The summed E-state index contributed by atoms with van der Waals surface area (Å²) in [5.41, 5.74) is 0.901. The van der Waals surface area contributed by atoms with Crippen LogP contribution in [0.4, 0.5) is 0 Å². The van der Waals surface area contributed by atoms with Crippen molar-refractivity contribution in [3.8, 4) is 12.3 Å². The topological polar surface area (TPSA) is 37.4 Å². The largest absolute Gasteiger partial charge is 0.269 e. The maximum Gasteiger partial charge on any atom is 0.262 e. The molecule has 1 aromatic carbocycles. The molecule has 0 unspecified atom stereocenters. The molecule has 0 aliphatic carbocycles. The second-order valence-electron chi connectivity index (χ2n) is 4.84. The summed E-state index contributed by atoms with van der Waals surface area (Å²) in [5.74, 6) is 2.33. The van der Waals surface area contributed by atoms with Crippen molar-refractivity contribution in [1.29, 1.82) is 0 Å². The highest BCUT2D eigenvalue weighted by Crippen LogP contribution is 2.26. The number of terminal acetylenes is 1. The highest BCUT2D eigenvalue weighted by atomic mass is 16.2. The van der Waals surface area contributed by atoms with Crippen LogP contribution in [0, 0.1) is 18.3 Å². The molecule has 0 spiro atoms. The number of rotatable bonds is 3. The van der Waals surface area contributed by atoms with E-state index in [-0.39, 0.29) is 11.8 Å². The van der Waals surface area contributed by atoms with E-state index < -0.39 is 6.04 Å². The molecule has 0 bridgehead atoms. The lowest BCUT2D eigenvalue weighted by Gasteiger charge is -2.22. The number of benzene rings is 1. The molecule has 2 rings (SSSR count). The van der Waals surface area contributed by atoms with E-state index in [4.69, 9.17) is 6.42 Å². The van der Waals surface area contributed by atoms with Crippen molar-refractivity contribution in [1.82, 2.24) is 4.90 Å². The van der Waals surface area contributed by atoms with E-state index in [0.29, 0.717) is 23.5 Å². The zero-order chi connectivity index (χ0) is 13.3. The average Bonchev–Trinajstić information content (AvgIpc) is 2.60. The van der Waals surface area contributed by atoms with Crippen LogP contribution in [-0.2, 0) is 0 Å². The molecule has 1 heterocycles. The van der Waals surface area contributed by atoms with E-state index in [0.717, 1.165) is 0 Å². The van der Waals surface area contributed by atoms with Crippen LogP contribution >= 0.6 is 0 Å². The highest BCUT2D eigenvalue weighted by Gasteiger charge is 2.39. The van der Waals surface area contributed by atoms with Crippen molar-refractivity contribution in [3.63, 3.8) is 0 Å². The van der Waals surface area contributed by atoms with Crippen molar-refractivity contribution >= 4 is 11.8 Å². The molecular weight excluding hydrogens is 226 g/mol. The quantitative estimate of drug-likeness (QED) is 0.601. The molecule has 92 valence electrons. The number of amides is 2. The van der Waals surface area contributed by atoms with Gasteiger partial charge >= 0.3 is 0 Å². The Bertz CT molecular complexity index is 505. The van der Waals surface area contributed by atoms with Gasteiger partial charge in [-0.05, 0) is 24.5 Å². The summed E-state index contributed by atoms with van der Waals surface area (Å²) in [4.78, 5) is 25.6. The fourth-order valence-corrected chi connectivity index (χ4v) is 2.19. The van der Waals surface area contributed by atoms with E-state index in [1.807, 2.05) is 13.8 Å². The van der Waals surface area contributed by atoms with Crippen LogP contribution in [0.15, 0.2) is 24.3 Å². The molecular formula is C15H15NO2. The monoisotopic (exact) mass is 241 g/mol. The van der Waals surface area contributed by atoms with E-state index >= 15 is 0 Å². The summed E-state index contributed by atoms with van der Waals surface area (Å²) in [6, 6.07) is 6.37. The van der Waals surface area contributed by atoms with Gasteiger partial charge in [0.1, 0.15) is 6.04 Å². The van der Waals surface area contributed by atoms with Gasteiger partial charge in [0.05, 0.1) is 11.1 Å². The molecule has 2 amide bonds. The molecule has 0 fully saturated rings. The van der Waals surface area contributed by atoms with Crippen LogP contribution in [0.3, 0.4) is 0 Å². The molecule has 0 aromatic heterocycles. The lowest BCUT2D eigenvalue weighted by atomic mass is 10.0. The predicted molar refractivity (Wildman–Crippen MR) is 69.0 cm³/mol. The number of carbonyl (C=O) groups is 2. The Morgan fingerprint density at radius 1 is 1.17 bits per heavy atom. The summed E-state index contributed by atoms with van der Waals surface area (Å²) in [6.07, 6.45) is 6.09. The lowest BCUT2D eigenvalue weighted by Crippen LogP contribution is -2.39. The van der Waals surface area contributed by atoms with Crippen molar-refractivity contribution in [3.05, 3.63) is 35.4 Å². The number of imide groups is 1. The summed E-state index contributed by atoms with van der Waals surface area (Å²) in [6.45, 7) is 4.03. The van der Waals surface area contributed by atoms with Gasteiger partial charge in [-0.15, -0.1) is 6.42 Å². The minimum Gasteiger partial charge on any atom is -0.269 e. The molecule has 1 aromatic rings. The zero-order valence-corrected chi connectivity index (χ0v) is 10.5. The molecule has 18 heavy (non-hydrogen) atoms. The summed E-state index contributed by atoms with van der Waals surface area (Å²) in [5, 5.41) is 0. The second-order valence-corrected chi connectivity index (χ2v) is 4.84. The first-order valence-corrected chi connectivity index (χ1v) is 5.99. The van der Waals surface area contributed by atoms with Gasteiger partial charge in [0.25, 0.3) is 11.8 Å². The van der Waals surface area contributed by atoms with E-state index in [1.54, 1.807) is 24.3 Å². The molecule has 0 N–H and O–H groups in total. The van der Waals surface area contributed by atoms with Gasteiger partial charge in [0, 0.05) is 0 Å². The molecule has 3 heteroatoms. The van der Waals surface area contributed by atoms with Crippen molar-refractivity contribution in [2.45, 2.75) is 26.3 Å². The summed E-state index contributed by atoms with van der Waals surface area (Å²) in [7, 11) is 0. The number of carbonyl (C=O) groups excluding carboxylic acids is 2. The normalized spacial score (nSPS) is 15.8. The zero-order valence-electron chi connectivity index (χ0n) is 10.5. The third-order valence-electron chi connectivity index (χ3n) is 3.02. The van der Waals surface area contributed by atoms with Gasteiger partial charge in [0.2, 0.25) is 0 Å². The maximum atomic E-state index is 12.2. The van der Waals surface area contributed by atoms with Gasteiger partial charge in [-0.2, -0.15) is 0 Å². The minimum absolute atomic E-state index is 0.279. The molecule has 3 nitrogen and oxygen atoms in total. The van der Waals surface area contributed by atoms with Crippen LogP contribution in [0.25, 0.3) is 0 Å². The Morgan fingerprint density at radius 3 is 2.06 bits per heavy atom. The van der Waals surface area contributed by atoms with Gasteiger partial charge in [-0.1, -0.05) is 31.9 Å². The fraction of sp³-hybridized carbons (Fsp3) is 0.333. The SMILES string of the molecule is C#C[C@H](CC(C)C)N1C(=O)c2ccccc2C1=O. The molecule has 1 atom stereocenters. The molecule has 0 saturated carbocycles. The average molecular weight is 241 g/mol. The number of nitrogens with zero attached hydrogens (tertiary/aromatic N) is 1. The fourth-order valence-electron chi connectivity index (χ4n) is 2.19. The minimum atomic E-state index is -0.461. The number of hydrogen-bond donors (Lipinski definition) is 0. The second kappa shape index (κ2) is 4.66. The summed E-state index contributed by atoms with van der Waals surface area (Å²) < 4.78 is 0. The Labute approximate surface area is 107 Å². The number of hydrogen-bond acceptors (Lipinski definition) is 2. The smallest absolute Gasteiger partial charge is 0.262 e. The van der Waals surface area contributed by atoms with Crippen molar-refractivity contribution in [2.75, 3.05) is 0 Å². The van der Waals surface area contributed by atoms with E-state index in [1.165, 1.54) is 4.90 Å². The molecule has 0 radical (unpaired) electrons. The maximum absolute atomic E-state index is 12.2. The Hall–Kier alpha value is -2.08. The van der Waals surface area contributed by atoms with Crippen molar-refractivity contribution in [2.24, 2.45) is 5.92 Å². The van der Waals surface area contributed by atoms with Gasteiger partial charge < -0.3 is 0 Å². The van der Waals surface area contributed by atoms with Gasteiger partial charge in [-0.3, -0.25) is 14.5 Å². The van der Waals surface area contributed by atoms with Crippen LogP contribution in [0.5, 0.6) is 0 Å². The predicted octanol–water partition coefficient (Wildman–Crippen LogP) is 2.33. The standard InChI is InChI=1S/C15H15NO2/c1-4-11(9-10(2)3)16-14(17)12-7-5-6-8-13(12)15(16)18/h1,5-8,10-11H,9H2,2-3H3/t11-/m1/s1. The third kappa shape index (κ3) is 1.91. The summed E-state index contributed by atoms with van der Waals surface area (Å²) >= 11 is 0. The molecule has 1 aliphatic rings. The first-order chi connectivity index (χ1) is 8.56. The molecule has 0 saturated heterocycles. The Kier molecular flexibility index (Phi) is 3.20. The van der Waals surface area contributed by atoms with Gasteiger partial charge in [-0.25, -0.2) is 0 Å². The first-order valence-electron chi connectivity index (χ1n) is 5.99. The first kappa shape index (κ1) is 12.4. The Morgan fingerprint density at radius 2 is 1.67 bits per heavy atom. The van der Waals surface area contributed by atoms with E-state index in [2.05, 4.69) is 5.92 Å². The van der Waals surface area contributed by atoms with Crippen LogP contribution in [0.1, 0.15) is 41.0 Å². The van der Waals surface area contributed by atoms with Crippen LogP contribution < -0.4 is 0 Å². The number of fused-ring (bicyclic) bond motifs is 1. The van der Waals surface area contributed by atoms with Crippen LogP contribution in [-0.4, -0.2) is 22.8 Å². The van der Waals surface area contributed by atoms with Crippen molar-refractivity contribution < 1.29 is 9.59 Å². The highest BCUT2D eigenvalue weighted by molar-refractivity contribution is 6.21. The third-order valence-corrected chi connectivity index (χ3v) is 3.02. The molecule has 1 aliphatic heterocycles. The Balaban J connectivity index is 2.36. The van der Waals surface area contributed by atoms with Gasteiger partial charge in [0.15, 0.2) is 0 Å². The lowest BCUT2D eigenvalue weighted by molar-refractivity contribution is 0.0608.